The van der Waals surface area contributed by atoms with E-state index in [1.807, 2.05) is 12.1 Å². The number of fused-ring (bicyclic) bond motifs is 2. The van der Waals surface area contributed by atoms with Crippen molar-refractivity contribution < 1.29 is 18.9 Å². The normalized spacial score (nSPS) is 35.0. The van der Waals surface area contributed by atoms with Crippen LogP contribution >= 0.6 is 0 Å². The number of hydrogen-bond acceptors (Lipinski definition) is 6. The molecule has 4 saturated heterocycles. The SMILES string of the molecule is CC[C@]12CO[C@H](c3ccccc3)N1[C@H](c1ccc([C@@H]3OC[C@@]4(CC)CO[C@H](c5ccccc5)N34)cc1)OC2. The highest BCUT2D eigenvalue weighted by Gasteiger charge is 2.57. The molecule has 6 atom stereocenters. The molecule has 0 spiro atoms. The summed E-state index contributed by atoms with van der Waals surface area (Å²) in [4.78, 5) is 4.90. The maximum Gasteiger partial charge on any atom is 0.139 e. The van der Waals surface area contributed by atoms with Gasteiger partial charge in [0.2, 0.25) is 0 Å². The minimum Gasteiger partial charge on any atom is -0.357 e. The third-order valence-corrected chi connectivity index (χ3v) is 9.14. The zero-order valence-corrected chi connectivity index (χ0v) is 22.2. The molecule has 6 nitrogen and oxygen atoms in total. The zero-order chi connectivity index (χ0) is 25.7. The van der Waals surface area contributed by atoms with E-state index in [1.165, 1.54) is 11.1 Å². The highest BCUT2D eigenvalue weighted by atomic mass is 16.6. The van der Waals surface area contributed by atoms with E-state index >= 15 is 0 Å². The van der Waals surface area contributed by atoms with Gasteiger partial charge in [-0.1, -0.05) is 98.8 Å². The molecule has 6 heteroatoms. The Kier molecular flexibility index (Phi) is 6.15. The van der Waals surface area contributed by atoms with Crippen LogP contribution in [0.3, 0.4) is 0 Å². The van der Waals surface area contributed by atoms with E-state index in [0.29, 0.717) is 26.4 Å². The van der Waals surface area contributed by atoms with Crippen LogP contribution in [-0.4, -0.2) is 47.3 Å². The van der Waals surface area contributed by atoms with Crippen LogP contribution in [0, 0.1) is 0 Å². The average Bonchev–Trinajstić information content (AvgIpc) is 3.73. The molecule has 4 heterocycles. The van der Waals surface area contributed by atoms with Crippen molar-refractivity contribution >= 4 is 0 Å². The van der Waals surface area contributed by atoms with Gasteiger partial charge in [0, 0.05) is 0 Å². The van der Waals surface area contributed by atoms with Crippen LogP contribution in [0.2, 0.25) is 0 Å². The summed E-state index contributed by atoms with van der Waals surface area (Å²) in [5.41, 5.74) is 4.43. The number of rotatable bonds is 6. The van der Waals surface area contributed by atoms with Crippen LogP contribution < -0.4 is 0 Å². The van der Waals surface area contributed by atoms with Crippen molar-refractivity contribution in [3.8, 4) is 0 Å². The minimum absolute atomic E-state index is 0.102. The van der Waals surface area contributed by atoms with E-state index in [4.69, 9.17) is 18.9 Å². The fourth-order valence-corrected chi connectivity index (χ4v) is 6.74. The topological polar surface area (TPSA) is 43.4 Å². The Bertz CT molecular complexity index is 1160. The van der Waals surface area contributed by atoms with Gasteiger partial charge >= 0.3 is 0 Å². The summed E-state index contributed by atoms with van der Waals surface area (Å²) < 4.78 is 25.7. The smallest absolute Gasteiger partial charge is 0.139 e. The van der Waals surface area contributed by atoms with Crippen molar-refractivity contribution in [1.82, 2.24) is 9.80 Å². The number of ether oxygens (including phenoxy) is 4. The van der Waals surface area contributed by atoms with Gasteiger partial charge in [0.05, 0.1) is 37.5 Å². The first kappa shape index (κ1) is 24.5. The standard InChI is InChI=1S/C32H36N2O4/c1-3-31-19-35-27(23-11-7-5-8-12-23)33(31)29(37-21-31)25-15-17-26(18-16-25)30-34-28(24-13-9-6-10-14-24)36-20-32(34,4-2)22-38-30/h5-18,27-30H,3-4,19-22H2,1-2H3/t27-,28-,29+,30+,31-,32-/m1/s1. The molecular formula is C32H36N2O4. The molecule has 0 N–H and O–H groups in total. The lowest BCUT2D eigenvalue weighted by Crippen LogP contribution is -2.44. The van der Waals surface area contributed by atoms with Crippen LogP contribution in [0.1, 0.15) is 73.9 Å². The Morgan fingerprint density at radius 3 is 1.08 bits per heavy atom. The van der Waals surface area contributed by atoms with Crippen molar-refractivity contribution in [2.45, 2.75) is 62.7 Å². The van der Waals surface area contributed by atoms with Gasteiger partial charge in [-0.25, -0.2) is 9.80 Å². The van der Waals surface area contributed by atoms with Crippen LogP contribution in [0.5, 0.6) is 0 Å². The first-order valence-electron chi connectivity index (χ1n) is 13.9. The second kappa shape index (κ2) is 9.56. The molecule has 0 unspecified atom stereocenters. The Labute approximate surface area is 225 Å². The fourth-order valence-electron chi connectivity index (χ4n) is 6.74. The van der Waals surface area contributed by atoms with Crippen molar-refractivity contribution in [2.75, 3.05) is 26.4 Å². The van der Waals surface area contributed by atoms with E-state index < -0.39 is 0 Å². The van der Waals surface area contributed by atoms with Gasteiger partial charge in [0.15, 0.2) is 0 Å². The van der Waals surface area contributed by atoms with Crippen molar-refractivity contribution in [2.24, 2.45) is 0 Å². The molecular weight excluding hydrogens is 476 g/mol. The van der Waals surface area contributed by atoms with Gasteiger partial charge < -0.3 is 18.9 Å². The van der Waals surface area contributed by atoms with Crippen molar-refractivity contribution in [1.29, 1.82) is 0 Å². The van der Waals surface area contributed by atoms with E-state index in [9.17, 15) is 0 Å². The molecule has 3 aromatic rings. The third kappa shape index (κ3) is 3.70. The lowest BCUT2D eigenvalue weighted by Gasteiger charge is -2.34. The zero-order valence-electron chi connectivity index (χ0n) is 22.2. The molecule has 198 valence electrons. The van der Waals surface area contributed by atoms with Crippen molar-refractivity contribution in [3.63, 3.8) is 0 Å². The molecule has 0 aliphatic carbocycles. The van der Waals surface area contributed by atoms with Crippen LogP contribution in [0.25, 0.3) is 0 Å². The largest absolute Gasteiger partial charge is 0.357 e. The van der Waals surface area contributed by atoms with Gasteiger partial charge in [-0.2, -0.15) is 0 Å². The molecule has 4 aliphatic rings. The molecule has 38 heavy (non-hydrogen) atoms. The first-order chi connectivity index (χ1) is 18.7. The van der Waals surface area contributed by atoms with E-state index in [-0.39, 0.29) is 36.0 Å². The summed E-state index contributed by atoms with van der Waals surface area (Å²) >= 11 is 0. The summed E-state index contributed by atoms with van der Waals surface area (Å²) in [5, 5.41) is 0. The molecule has 4 aliphatic heterocycles. The van der Waals surface area contributed by atoms with Gasteiger partial charge in [-0.05, 0) is 35.1 Å². The van der Waals surface area contributed by atoms with Crippen LogP contribution in [0.15, 0.2) is 84.9 Å². The highest BCUT2D eigenvalue weighted by Crippen LogP contribution is 2.52. The van der Waals surface area contributed by atoms with Crippen LogP contribution in [-0.2, 0) is 18.9 Å². The fraction of sp³-hybridized carbons (Fsp3) is 0.438. The number of nitrogens with zero attached hydrogens (tertiary/aromatic N) is 2. The predicted molar refractivity (Wildman–Crippen MR) is 144 cm³/mol. The molecule has 4 fully saturated rings. The minimum atomic E-state index is -0.150. The first-order valence-corrected chi connectivity index (χ1v) is 13.9. The molecule has 7 rings (SSSR count). The number of benzene rings is 3. The second-order valence-electron chi connectivity index (χ2n) is 11.1. The van der Waals surface area contributed by atoms with E-state index in [2.05, 4.69) is 96.4 Å². The Balaban J connectivity index is 1.18. The molecule has 0 aromatic heterocycles. The van der Waals surface area contributed by atoms with Gasteiger partial charge in [-0.15, -0.1) is 0 Å². The summed E-state index contributed by atoms with van der Waals surface area (Å²) in [6, 6.07) is 29.8. The molecule has 0 amide bonds. The Hall–Kier alpha value is -2.58. The van der Waals surface area contributed by atoms with Crippen molar-refractivity contribution in [3.05, 3.63) is 107 Å². The van der Waals surface area contributed by atoms with Gasteiger partial charge in [-0.3, -0.25) is 0 Å². The van der Waals surface area contributed by atoms with E-state index in [1.54, 1.807) is 0 Å². The second-order valence-corrected chi connectivity index (χ2v) is 11.1. The maximum atomic E-state index is 6.48. The molecule has 0 radical (unpaired) electrons. The highest BCUT2D eigenvalue weighted by molar-refractivity contribution is 5.31. The summed E-state index contributed by atoms with van der Waals surface area (Å²) in [6.07, 6.45) is 1.44. The molecule has 0 saturated carbocycles. The monoisotopic (exact) mass is 512 g/mol. The van der Waals surface area contributed by atoms with Gasteiger partial charge in [0.1, 0.15) is 24.9 Å². The number of hydrogen-bond donors (Lipinski definition) is 0. The molecule has 3 aromatic carbocycles. The Morgan fingerprint density at radius 1 is 0.500 bits per heavy atom. The Morgan fingerprint density at radius 2 is 0.789 bits per heavy atom. The average molecular weight is 513 g/mol. The third-order valence-electron chi connectivity index (χ3n) is 9.14. The van der Waals surface area contributed by atoms with Crippen LogP contribution in [0.4, 0.5) is 0 Å². The summed E-state index contributed by atoms with van der Waals surface area (Å²) in [6.45, 7) is 7.18. The molecule has 0 bridgehead atoms. The quantitative estimate of drug-likeness (QED) is 0.397. The lowest BCUT2D eigenvalue weighted by molar-refractivity contribution is -0.0637. The summed E-state index contributed by atoms with van der Waals surface area (Å²) in [5.74, 6) is 0. The maximum absolute atomic E-state index is 6.48. The van der Waals surface area contributed by atoms with Gasteiger partial charge in [0.25, 0.3) is 0 Å². The summed E-state index contributed by atoms with van der Waals surface area (Å²) in [7, 11) is 0. The van der Waals surface area contributed by atoms with E-state index in [0.717, 1.165) is 24.0 Å². The lowest BCUT2D eigenvalue weighted by atomic mass is 9.96. The predicted octanol–water partition coefficient (Wildman–Crippen LogP) is 6.10.